The van der Waals surface area contributed by atoms with Crippen molar-refractivity contribution in [1.29, 1.82) is 0 Å². The molecule has 0 unspecified atom stereocenters. The largest absolute Gasteiger partial charge is 0.454 e. The molecular formula is C54H32N2O2. The average molecular weight is 741 g/mol. The smallest absolute Gasteiger partial charge is 0.159 e. The topological polar surface area (TPSA) is 36.1 Å². The first-order valence-corrected chi connectivity index (χ1v) is 19.8. The van der Waals surface area contributed by atoms with Crippen molar-refractivity contribution < 1.29 is 8.83 Å². The number of para-hydroxylation sites is 8. The van der Waals surface area contributed by atoms with Crippen molar-refractivity contribution in [1.82, 2.24) is 9.13 Å². The Morgan fingerprint density at radius 2 is 0.672 bits per heavy atom. The number of fused-ring (bicyclic) bond motifs is 12. The fourth-order valence-electron chi connectivity index (χ4n) is 9.67. The van der Waals surface area contributed by atoms with Crippen molar-refractivity contribution in [3.63, 3.8) is 0 Å². The molecule has 4 aromatic heterocycles. The van der Waals surface area contributed by atoms with Gasteiger partial charge in [-0.2, -0.15) is 0 Å². The van der Waals surface area contributed by atoms with Gasteiger partial charge in [-0.05, 0) is 53.6 Å². The molecule has 13 aromatic rings. The van der Waals surface area contributed by atoms with Crippen LogP contribution >= 0.6 is 0 Å². The van der Waals surface area contributed by atoms with E-state index in [-0.39, 0.29) is 0 Å². The number of aromatic nitrogens is 2. The highest BCUT2D eigenvalue weighted by Crippen LogP contribution is 2.44. The first-order chi connectivity index (χ1) is 28.8. The van der Waals surface area contributed by atoms with Crippen molar-refractivity contribution in [2.45, 2.75) is 0 Å². The van der Waals surface area contributed by atoms with Gasteiger partial charge in [0.25, 0.3) is 0 Å². The van der Waals surface area contributed by atoms with E-state index in [1.807, 2.05) is 12.1 Å². The van der Waals surface area contributed by atoms with Crippen LogP contribution in [0.25, 0.3) is 121 Å². The number of benzene rings is 9. The number of rotatable bonds is 4. The van der Waals surface area contributed by atoms with Crippen molar-refractivity contribution in [3.05, 3.63) is 194 Å². The third-order valence-corrected chi connectivity index (χ3v) is 12.1. The van der Waals surface area contributed by atoms with Crippen LogP contribution in [-0.4, -0.2) is 9.13 Å². The maximum absolute atomic E-state index is 6.66. The van der Waals surface area contributed by atoms with Crippen molar-refractivity contribution in [2.24, 2.45) is 0 Å². The Bertz CT molecular complexity index is 3570. The molecular weight excluding hydrogens is 709 g/mol. The maximum atomic E-state index is 6.66. The van der Waals surface area contributed by atoms with Crippen LogP contribution in [0.5, 0.6) is 0 Å². The van der Waals surface area contributed by atoms with Crippen LogP contribution < -0.4 is 0 Å². The molecule has 13 rings (SSSR count). The summed E-state index contributed by atoms with van der Waals surface area (Å²) in [6.45, 7) is 0. The van der Waals surface area contributed by atoms with Crippen molar-refractivity contribution >= 4 is 87.5 Å². The van der Waals surface area contributed by atoms with E-state index in [2.05, 4.69) is 191 Å². The number of nitrogens with zero attached hydrogens (tertiary/aromatic N) is 2. The van der Waals surface area contributed by atoms with Gasteiger partial charge >= 0.3 is 0 Å². The SMILES string of the molecule is c1cc(-c2cccc3c4ccccc4n(-c4cccc5c4oc4ccccc45)c23)cc(-c2cccc3c4ccccc4n(-c4cccc5c4oc4ccccc45)c23)c1. The highest BCUT2D eigenvalue weighted by Gasteiger charge is 2.22. The molecule has 0 saturated carbocycles. The molecule has 0 bridgehead atoms. The summed E-state index contributed by atoms with van der Waals surface area (Å²) in [7, 11) is 0. The summed E-state index contributed by atoms with van der Waals surface area (Å²) in [5, 5.41) is 9.28. The van der Waals surface area contributed by atoms with Gasteiger partial charge in [-0.1, -0.05) is 152 Å². The van der Waals surface area contributed by atoms with Gasteiger partial charge in [0.2, 0.25) is 0 Å². The lowest BCUT2D eigenvalue weighted by Gasteiger charge is -2.14. The molecule has 4 heterocycles. The van der Waals surface area contributed by atoms with Gasteiger partial charge in [0.1, 0.15) is 11.2 Å². The Labute approximate surface area is 332 Å². The molecule has 9 aromatic carbocycles. The predicted molar refractivity (Wildman–Crippen MR) is 241 cm³/mol. The van der Waals surface area contributed by atoms with Crippen molar-refractivity contribution in [3.8, 4) is 33.6 Å². The van der Waals surface area contributed by atoms with Crippen LogP contribution in [0.3, 0.4) is 0 Å². The zero-order valence-electron chi connectivity index (χ0n) is 31.2. The zero-order valence-corrected chi connectivity index (χ0v) is 31.2. The lowest BCUT2D eigenvalue weighted by Crippen LogP contribution is -1.97. The average Bonchev–Trinajstić information content (AvgIpc) is 4.04. The molecule has 0 atom stereocenters. The number of hydrogen-bond donors (Lipinski definition) is 0. The Balaban J connectivity index is 1.08. The fraction of sp³-hybridized carbons (Fsp3) is 0. The second-order valence-corrected chi connectivity index (χ2v) is 15.2. The molecule has 0 aliphatic heterocycles. The Hall–Kier alpha value is -7.82. The molecule has 58 heavy (non-hydrogen) atoms. The van der Waals surface area contributed by atoms with Crippen LogP contribution in [0.2, 0.25) is 0 Å². The van der Waals surface area contributed by atoms with Gasteiger partial charge in [0.05, 0.1) is 33.4 Å². The molecule has 0 saturated heterocycles. The van der Waals surface area contributed by atoms with E-state index in [4.69, 9.17) is 8.83 Å². The maximum Gasteiger partial charge on any atom is 0.159 e. The first kappa shape index (κ1) is 31.4. The minimum absolute atomic E-state index is 0.883. The summed E-state index contributed by atoms with van der Waals surface area (Å²) in [6, 6.07) is 69.5. The first-order valence-electron chi connectivity index (χ1n) is 19.8. The van der Waals surface area contributed by atoms with Crippen molar-refractivity contribution in [2.75, 3.05) is 0 Å². The Morgan fingerprint density at radius 3 is 1.17 bits per heavy atom. The third-order valence-electron chi connectivity index (χ3n) is 12.1. The highest BCUT2D eigenvalue weighted by atomic mass is 16.3. The van der Waals surface area contributed by atoms with Gasteiger partial charge in [-0.25, -0.2) is 0 Å². The summed E-state index contributed by atoms with van der Waals surface area (Å²) >= 11 is 0. The van der Waals surface area contributed by atoms with E-state index in [0.717, 1.165) is 99.6 Å². The molecule has 270 valence electrons. The van der Waals surface area contributed by atoms with E-state index < -0.39 is 0 Å². The van der Waals surface area contributed by atoms with E-state index in [0.29, 0.717) is 0 Å². The van der Waals surface area contributed by atoms with Gasteiger partial charge in [-0.15, -0.1) is 0 Å². The summed E-state index contributed by atoms with van der Waals surface area (Å²) in [5.74, 6) is 0. The summed E-state index contributed by atoms with van der Waals surface area (Å²) in [4.78, 5) is 0. The van der Waals surface area contributed by atoms with Crippen LogP contribution in [0.15, 0.2) is 203 Å². The standard InChI is InChI=1S/C54H32N2O2/c1-5-26-45-37(16-1)41-22-10-20-35(51(41)55(45)47-28-12-24-43-39-18-3-7-30-49(39)57-53(43)47)33-14-9-15-34(32-33)36-21-11-23-42-38-17-2-6-27-46(38)56(52(36)42)48-29-13-25-44-40-19-4-8-31-50(40)58-54(44)48/h1-32H. The minimum atomic E-state index is 0.883. The molecule has 0 N–H and O–H groups in total. The Morgan fingerprint density at radius 1 is 0.293 bits per heavy atom. The molecule has 4 heteroatoms. The molecule has 0 radical (unpaired) electrons. The van der Waals surface area contributed by atoms with E-state index in [9.17, 15) is 0 Å². The van der Waals surface area contributed by atoms with E-state index in [1.165, 1.54) is 21.5 Å². The lowest BCUT2D eigenvalue weighted by molar-refractivity contribution is 0.666. The van der Waals surface area contributed by atoms with Gasteiger partial charge in [-0.3, -0.25) is 0 Å². The van der Waals surface area contributed by atoms with Gasteiger partial charge < -0.3 is 18.0 Å². The monoisotopic (exact) mass is 740 g/mol. The number of furan rings is 2. The second kappa shape index (κ2) is 11.8. The van der Waals surface area contributed by atoms with E-state index in [1.54, 1.807) is 0 Å². The summed E-state index contributed by atoms with van der Waals surface area (Å²) in [6.07, 6.45) is 0. The quantitative estimate of drug-likeness (QED) is 0.180. The van der Waals surface area contributed by atoms with Gasteiger partial charge in [0.15, 0.2) is 11.2 Å². The minimum Gasteiger partial charge on any atom is -0.454 e. The highest BCUT2D eigenvalue weighted by molar-refractivity contribution is 6.18. The fourth-order valence-corrected chi connectivity index (χ4v) is 9.67. The van der Waals surface area contributed by atoms with Crippen LogP contribution in [0, 0.1) is 0 Å². The number of hydrogen-bond acceptors (Lipinski definition) is 2. The molecule has 0 spiro atoms. The third kappa shape index (κ3) is 4.29. The zero-order chi connectivity index (χ0) is 37.9. The molecule has 0 amide bonds. The molecule has 0 aliphatic rings. The van der Waals surface area contributed by atoms with Gasteiger partial charge in [0, 0.05) is 54.2 Å². The van der Waals surface area contributed by atoms with Crippen LogP contribution in [0.4, 0.5) is 0 Å². The summed E-state index contributed by atoms with van der Waals surface area (Å²) in [5.41, 5.74) is 14.8. The van der Waals surface area contributed by atoms with Crippen LogP contribution in [0.1, 0.15) is 0 Å². The Kier molecular flexibility index (Phi) is 6.41. The van der Waals surface area contributed by atoms with E-state index >= 15 is 0 Å². The lowest BCUT2D eigenvalue weighted by atomic mass is 9.96. The molecule has 4 nitrogen and oxygen atoms in total. The van der Waals surface area contributed by atoms with Crippen LogP contribution in [-0.2, 0) is 0 Å². The summed E-state index contributed by atoms with van der Waals surface area (Å²) < 4.78 is 18.1. The molecule has 0 fully saturated rings. The molecule has 0 aliphatic carbocycles. The normalized spacial score (nSPS) is 12.1. The second-order valence-electron chi connectivity index (χ2n) is 15.2. The predicted octanol–water partition coefficient (Wildman–Crippen LogP) is 15.0.